The number of carbonyl (C=O) groups excluding carboxylic acids is 2. The van der Waals surface area contributed by atoms with Gasteiger partial charge < -0.3 is 16.4 Å². The van der Waals surface area contributed by atoms with Crippen molar-refractivity contribution in [2.75, 3.05) is 13.1 Å². The van der Waals surface area contributed by atoms with E-state index in [9.17, 15) is 9.59 Å². The number of piperidine rings is 1. The normalized spacial score (nSPS) is 24.2. The summed E-state index contributed by atoms with van der Waals surface area (Å²) in [6.07, 6.45) is 6.01. The van der Waals surface area contributed by atoms with Crippen molar-refractivity contribution in [3.05, 3.63) is 0 Å². The molecule has 0 bridgehead atoms. The highest BCUT2D eigenvalue weighted by Crippen LogP contribution is 2.31. The van der Waals surface area contributed by atoms with Crippen molar-refractivity contribution < 1.29 is 9.59 Å². The Labute approximate surface area is 108 Å². The highest BCUT2D eigenvalue weighted by molar-refractivity contribution is 5.79. The summed E-state index contributed by atoms with van der Waals surface area (Å²) < 4.78 is 0. The van der Waals surface area contributed by atoms with Gasteiger partial charge >= 0.3 is 0 Å². The number of hydrogen-bond donors (Lipinski definition) is 2. The molecule has 2 rings (SSSR count). The van der Waals surface area contributed by atoms with Gasteiger partial charge in [-0.3, -0.25) is 9.59 Å². The summed E-state index contributed by atoms with van der Waals surface area (Å²) in [5, 5.41) is 0. The predicted octanol–water partition coefficient (Wildman–Crippen LogP) is 0.372. The lowest BCUT2D eigenvalue weighted by atomic mass is 9.92. The number of primary amides is 1. The minimum Gasteiger partial charge on any atom is -0.369 e. The van der Waals surface area contributed by atoms with Crippen molar-refractivity contribution in [1.82, 2.24) is 4.90 Å². The van der Waals surface area contributed by atoms with Crippen LogP contribution in [0.25, 0.3) is 0 Å². The molecule has 0 atom stereocenters. The Hall–Kier alpha value is -1.10. The zero-order valence-electron chi connectivity index (χ0n) is 10.9. The third kappa shape index (κ3) is 3.02. The fourth-order valence-corrected chi connectivity index (χ4v) is 3.08. The number of hydrogen-bond acceptors (Lipinski definition) is 3. The summed E-state index contributed by atoms with van der Waals surface area (Å²) in [4.78, 5) is 25.1. The van der Waals surface area contributed by atoms with Crippen molar-refractivity contribution in [2.45, 2.75) is 50.5 Å². The van der Waals surface area contributed by atoms with E-state index in [0.29, 0.717) is 32.4 Å². The van der Waals surface area contributed by atoms with Gasteiger partial charge in [-0.25, -0.2) is 0 Å². The Morgan fingerprint density at radius 2 is 1.72 bits per heavy atom. The van der Waals surface area contributed by atoms with E-state index in [-0.39, 0.29) is 23.3 Å². The smallest absolute Gasteiger partial charge is 0.224 e. The first-order chi connectivity index (χ1) is 8.50. The van der Waals surface area contributed by atoms with Crippen LogP contribution in [0.2, 0.25) is 0 Å². The number of rotatable bonds is 3. The maximum atomic E-state index is 12.2. The topological polar surface area (TPSA) is 89.4 Å². The Morgan fingerprint density at radius 1 is 1.17 bits per heavy atom. The molecule has 0 aromatic carbocycles. The van der Waals surface area contributed by atoms with Crippen molar-refractivity contribution in [3.63, 3.8) is 0 Å². The third-order valence-electron chi connectivity index (χ3n) is 4.35. The van der Waals surface area contributed by atoms with Gasteiger partial charge in [0.15, 0.2) is 0 Å². The van der Waals surface area contributed by atoms with Crippen LogP contribution in [0.15, 0.2) is 0 Å². The second kappa shape index (κ2) is 5.26. The largest absolute Gasteiger partial charge is 0.369 e. The van der Waals surface area contributed by atoms with Crippen molar-refractivity contribution in [2.24, 2.45) is 17.4 Å². The first-order valence-electron chi connectivity index (χ1n) is 6.86. The van der Waals surface area contributed by atoms with E-state index in [0.717, 1.165) is 25.7 Å². The van der Waals surface area contributed by atoms with Crippen LogP contribution in [0.3, 0.4) is 0 Å². The molecule has 2 aliphatic rings. The maximum absolute atomic E-state index is 12.2. The monoisotopic (exact) mass is 253 g/mol. The molecule has 5 heteroatoms. The Balaban J connectivity index is 1.82. The lowest BCUT2D eigenvalue weighted by Crippen LogP contribution is -2.47. The van der Waals surface area contributed by atoms with Crippen LogP contribution in [0.4, 0.5) is 0 Å². The average Bonchev–Trinajstić information content (AvgIpc) is 2.76. The number of nitrogens with two attached hydrogens (primary N) is 2. The van der Waals surface area contributed by atoms with Crippen molar-refractivity contribution in [3.8, 4) is 0 Å². The summed E-state index contributed by atoms with van der Waals surface area (Å²) in [6.45, 7) is 1.28. The summed E-state index contributed by atoms with van der Waals surface area (Å²) in [6, 6.07) is 0. The Bertz CT molecular complexity index is 329. The minimum absolute atomic E-state index is 0.0626. The van der Waals surface area contributed by atoms with E-state index in [1.807, 2.05) is 4.90 Å². The van der Waals surface area contributed by atoms with Gasteiger partial charge in [-0.15, -0.1) is 0 Å². The molecule has 18 heavy (non-hydrogen) atoms. The first kappa shape index (κ1) is 13.3. The van der Waals surface area contributed by atoms with Gasteiger partial charge in [0, 0.05) is 31.0 Å². The molecule has 0 aromatic heterocycles. The van der Waals surface area contributed by atoms with Gasteiger partial charge in [0.05, 0.1) is 0 Å². The summed E-state index contributed by atoms with van der Waals surface area (Å²) in [7, 11) is 0. The molecule has 4 N–H and O–H groups in total. The molecule has 0 spiro atoms. The average molecular weight is 253 g/mol. The van der Waals surface area contributed by atoms with E-state index < -0.39 is 0 Å². The summed E-state index contributed by atoms with van der Waals surface area (Å²) in [5.74, 6) is -0.164. The van der Waals surface area contributed by atoms with Gasteiger partial charge in [0.1, 0.15) is 0 Å². The minimum atomic E-state index is -0.280. The molecule has 102 valence electrons. The van der Waals surface area contributed by atoms with E-state index in [4.69, 9.17) is 11.5 Å². The van der Waals surface area contributed by atoms with Gasteiger partial charge in [-0.1, -0.05) is 12.8 Å². The molecule has 5 nitrogen and oxygen atoms in total. The SMILES string of the molecule is NC(=O)C1CCN(C(=O)CC2(N)CCCC2)CC1. The zero-order chi connectivity index (χ0) is 13.2. The van der Waals surface area contributed by atoms with Crippen LogP contribution in [0.5, 0.6) is 0 Å². The van der Waals surface area contributed by atoms with Crippen LogP contribution < -0.4 is 11.5 Å². The maximum Gasteiger partial charge on any atom is 0.224 e. The van der Waals surface area contributed by atoms with Crippen LogP contribution in [0.1, 0.15) is 44.9 Å². The quantitative estimate of drug-likeness (QED) is 0.761. The van der Waals surface area contributed by atoms with Crippen LogP contribution in [-0.4, -0.2) is 35.3 Å². The number of likely N-dealkylation sites (tertiary alicyclic amines) is 1. The second-order valence-corrected chi connectivity index (χ2v) is 5.80. The molecule has 1 saturated heterocycles. The molecule has 1 saturated carbocycles. The molecule has 1 heterocycles. The fraction of sp³-hybridized carbons (Fsp3) is 0.846. The lowest BCUT2D eigenvalue weighted by Gasteiger charge is -2.33. The van der Waals surface area contributed by atoms with Crippen LogP contribution >= 0.6 is 0 Å². The van der Waals surface area contributed by atoms with E-state index in [1.165, 1.54) is 0 Å². The zero-order valence-corrected chi connectivity index (χ0v) is 10.9. The number of amides is 2. The van der Waals surface area contributed by atoms with Gasteiger partial charge in [0.2, 0.25) is 11.8 Å². The predicted molar refractivity (Wildman–Crippen MR) is 68.5 cm³/mol. The number of carbonyl (C=O) groups is 2. The van der Waals surface area contributed by atoms with E-state index in [1.54, 1.807) is 0 Å². The lowest BCUT2D eigenvalue weighted by molar-refractivity contribution is -0.136. The van der Waals surface area contributed by atoms with Crippen LogP contribution in [-0.2, 0) is 9.59 Å². The third-order valence-corrected chi connectivity index (χ3v) is 4.35. The molecular weight excluding hydrogens is 230 g/mol. The molecule has 0 aromatic rings. The van der Waals surface area contributed by atoms with E-state index >= 15 is 0 Å². The second-order valence-electron chi connectivity index (χ2n) is 5.80. The molecule has 2 amide bonds. The number of nitrogens with zero attached hydrogens (tertiary/aromatic N) is 1. The van der Waals surface area contributed by atoms with Crippen molar-refractivity contribution >= 4 is 11.8 Å². The van der Waals surface area contributed by atoms with Gasteiger partial charge in [-0.05, 0) is 25.7 Å². The summed E-state index contributed by atoms with van der Waals surface area (Å²) >= 11 is 0. The highest BCUT2D eigenvalue weighted by Gasteiger charge is 2.34. The molecular formula is C13H23N3O2. The molecule has 1 aliphatic carbocycles. The molecule has 0 unspecified atom stereocenters. The van der Waals surface area contributed by atoms with E-state index in [2.05, 4.69) is 0 Å². The first-order valence-corrected chi connectivity index (χ1v) is 6.86. The van der Waals surface area contributed by atoms with Crippen LogP contribution in [0, 0.1) is 5.92 Å². The Morgan fingerprint density at radius 3 is 2.22 bits per heavy atom. The Kier molecular flexibility index (Phi) is 3.90. The standard InChI is InChI=1S/C13H23N3O2/c14-12(18)10-3-7-16(8-4-10)11(17)9-13(15)5-1-2-6-13/h10H,1-9,15H2,(H2,14,18). The fourth-order valence-electron chi connectivity index (χ4n) is 3.08. The molecule has 2 fully saturated rings. The molecule has 0 radical (unpaired) electrons. The van der Waals surface area contributed by atoms with Gasteiger partial charge in [0.25, 0.3) is 0 Å². The molecule has 1 aliphatic heterocycles. The highest BCUT2D eigenvalue weighted by atomic mass is 16.2. The summed E-state index contributed by atoms with van der Waals surface area (Å²) in [5.41, 5.74) is 11.2. The van der Waals surface area contributed by atoms with Crippen molar-refractivity contribution in [1.29, 1.82) is 0 Å². The van der Waals surface area contributed by atoms with Gasteiger partial charge in [-0.2, -0.15) is 0 Å².